The Bertz CT molecular complexity index is 286. The Morgan fingerprint density at radius 1 is 1.50 bits per heavy atom. The SMILES string of the molecule is CCCC(NS(=O)(=O)N(C)C)C(=O)O. The fraction of sp³-hybridized carbons (Fsp3) is 0.857. The first-order valence-electron chi connectivity index (χ1n) is 4.23. The van der Waals surface area contributed by atoms with Crippen molar-refractivity contribution < 1.29 is 18.3 Å². The molecule has 0 spiro atoms. The Morgan fingerprint density at radius 2 is 2.00 bits per heavy atom. The second-order valence-electron chi connectivity index (χ2n) is 3.08. The summed E-state index contributed by atoms with van der Waals surface area (Å²) in [5, 5.41) is 8.70. The third-order valence-electron chi connectivity index (χ3n) is 1.65. The van der Waals surface area contributed by atoms with Gasteiger partial charge in [-0.15, -0.1) is 0 Å². The van der Waals surface area contributed by atoms with E-state index in [0.717, 1.165) is 4.31 Å². The molecular weight excluding hydrogens is 208 g/mol. The summed E-state index contributed by atoms with van der Waals surface area (Å²) in [7, 11) is -0.981. The Balaban J connectivity index is 4.53. The lowest BCUT2D eigenvalue weighted by Crippen LogP contribution is -2.45. The van der Waals surface area contributed by atoms with Crippen molar-refractivity contribution in [2.24, 2.45) is 0 Å². The quantitative estimate of drug-likeness (QED) is 0.645. The van der Waals surface area contributed by atoms with Gasteiger partial charge in [0.2, 0.25) is 0 Å². The summed E-state index contributed by atoms with van der Waals surface area (Å²) in [6, 6.07) is -1.05. The van der Waals surface area contributed by atoms with Crippen molar-refractivity contribution in [3.63, 3.8) is 0 Å². The van der Waals surface area contributed by atoms with Gasteiger partial charge in [0, 0.05) is 14.1 Å². The molecule has 0 aromatic rings. The average Bonchev–Trinajstić information content (AvgIpc) is 2.02. The summed E-state index contributed by atoms with van der Waals surface area (Å²) in [4.78, 5) is 10.6. The van der Waals surface area contributed by atoms with Gasteiger partial charge in [0.1, 0.15) is 6.04 Å². The molecule has 0 fully saturated rings. The van der Waals surface area contributed by atoms with E-state index >= 15 is 0 Å². The van der Waals surface area contributed by atoms with Gasteiger partial charge in [-0.05, 0) is 6.42 Å². The van der Waals surface area contributed by atoms with Crippen LogP contribution in [0.5, 0.6) is 0 Å². The monoisotopic (exact) mass is 224 g/mol. The van der Waals surface area contributed by atoms with Crippen LogP contribution in [0.1, 0.15) is 19.8 Å². The first-order valence-corrected chi connectivity index (χ1v) is 5.67. The highest BCUT2D eigenvalue weighted by Gasteiger charge is 2.24. The molecule has 84 valence electrons. The van der Waals surface area contributed by atoms with E-state index in [4.69, 9.17) is 5.11 Å². The number of hydrogen-bond donors (Lipinski definition) is 2. The van der Waals surface area contributed by atoms with Crippen LogP contribution in [0.15, 0.2) is 0 Å². The number of carbonyl (C=O) groups is 1. The molecule has 7 heteroatoms. The zero-order valence-corrected chi connectivity index (χ0v) is 9.34. The number of nitrogens with zero attached hydrogens (tertiary/aromatic N) is 1. The van der Waals surface area contributed by atoms with Crippen molar-refractivity contribution in [1.29, 1.82) is 0 Å². The fourth-order valence-corrected chi connectivity index (χ4v) is 1.60. The average molecular weight is 224 g/mol. The van der Waals surface area contributed by atoms with Crippen LogP contribution >= 0.6 is 0 Å². The third-order valence-corrected chi connectivity index (χ3v) is 3.19. The molecule has 0 rings (SSSR count). The lowest BCUT2D eigenvalue weighted by molar-refractivity contribution is -0.139. The summed E-state index contributed by atoms with van der Waals surface area (Å²) in [5.74, 6) is -1.16. The zero-order chi connectivity index (χ0) is 11.4. The van der Waals surface area contributed by atoms with E-state index in [1.54, 1.807) is 6.92 Å². The zero-order valence-electron chi connectivity index (χ0n) is 8.52. The molecule has 0 aliphatic rings. The lowest BCUT2D eigenvalue weighted by atomic mass is 10.2. The number of carboxylic acid groups (broad SMARTS) is 1. The van der Waals surface area contributed by atoms with Crippen LogP contribution in [0.4, 0.5) is 0 Å². The molecular formula is C7H16N2O4S. The van der Waals surface area contributed by atoms with Gasteiger partial charge in [-0.2, -0.15) is 17.4 Å². The number of carboxylic acids is 1. The van der Waals surface area contributed by atoms with Crippen molar-refractivity contribution in [2.75, 3.05) is 14.1 Å². The van der Waals surface area contributed by atoms with Crippen molar-refractivity contribution in [2.45, 2.75) is 25.8 Å². The second kappa shape index (κ2) is 5.28. The molecule has 0 aromatic heterocycles. The minimum Gasteiger partial charge on any atom is -0.480 e. The summed E-state index contributed by atoms with van der Waals surface area (Å²) >= 11 is 0. The maximum Gasteiger partial charge on any atom is 0.321 e. The van der Waals surface area contributed by atoms with E-state index in [2.05, 4.69) is 4.72 Å². The smallest absolute Gasteiger partial charge is 0.321 e. The standard InChI is InChI=1S/C7H16N2O4S/c1-4-5-6(7(10)11)8-14(12,13)9(2)3/h6,8H,4-5H2,1-3H3,(H,10,11). The van der Waals surface area contributed by atoms with Crippen LogP contribution in [-0.4, -0.2) is 43.9 Å². The fourth-order valence-electron chi connectivity index (χ4n) is 0.807. The first kappa shape index (κ1) is 13.3. The summed E-state index contributed by atoms with van der Waals surface area (Å²) in [6.07, 6.45) is 0.884. The van der Waals surface area contributed by atoms with Gasteiger partial charge >= 0.3 is 5.97 Å². The molecule has 0 aliphatic carbocycles. The second-order valence-corrected chi connectivity index (χ2v) is 5.00. The molecule has 1 atom stereocenters. The Kier molecular flexibility index (Phi) is 5.03. The molecule has 14 heavy (non-hydrogen) atoms. The Hall–Kier alpha value is -0.660. The lowest BCUT2D eigenvalue weighted by Gasteiger charge is -2.17. The first-order chi connectivity index (χ1) is 6.31. The van der Waals surface area contributed by atoms with Crippen molar-refractivity contribution in [3.05, 3.63) is 0 Å². The van der Waals surface area contributed by atoms with Crippen LogP contribution in [0.2, 0.25) is 0 Å². The highest BCUT2D eigenvalue weighted by molar-refractivity contribution is 7.87. The minimum absolute atomic E-state index is 0.280. The maximum absolute atomic E-state index is 11.3. The Labute approximate surface area is 84.1 Å². The van der Waals surface area contributed by atoms with E-state index in [9.17, 15) is 13.2 Å². The highest BCUT2D eigenvalue weighted by atomic mass is 32.2. The molecule has 0 aliphatic heterocycles. The van der Waals surface area contributed by atoms with E-state index < -0.39 is 22.2 Å². The molecule has 1 unspecified atom stereocenters. The van der Waals surface area contributed by atoms with E-state index in [-0.39, 0.29) is 6.42 Å². The molecule has 0 bridgehead atoms. The number of nitrogens with one attached hydrogen (secondary N) is 1. The van der Waals surface area contributed by atoms with Crippen LogP contribution in [0, 0.1) is 0 Å². The molecule has 6 nitrogen and oxygen atoms in total. The molecule has 0 radical (unpaired) electrons. The van der Waals surface area contributed by atoms with Gasteiger partial charge in [0.15, 0.2) is 0 Å². The van der Waals surface area contributed by atoms with Gasteiger partial charge in [0.25, 0.3) is 10.2 Å². The van der Waals surface area contributed by atoms with E-state index in [0.29, 0.717) is 6.42 Å². The number of aliphatic carboxylic acids is 1. The minimum atomic E-state index is -3.66. The molecule has 0 saturated heterocycles. The number of rotatable bonds is 6. The maximum atomic E-state index is 11.3. The van der Waals surface area contributed by atoms with Gasteiger partial charge in [-0.25, -0.2) is 0 Å². The molecule has 0 heterocycles. The Morgan fingerprint density at radius 3 is 2.29 bits per heavy atom. The number of hydrogen-bond acceptors (Lipinski definition) is 3. The predicted molar refractivity (Wildman–Crippen MR) is 52.1 cm³/mol. The van der Waals surface area contributed by atoms with Crippen molar-refractivity contribution in [3.8, 4) is 0 Å². The summed E-state index contributed by atoms with van der Waals surface area (Å²) in [5.41, 5.74) is 0. The topological polar surface area (TPSA) is 86.7 Å². The molecule has 0 amide bonds. The summed E-state index contributed by atoms with van der Waals surface area (Å²) in [6.45, 7) is 1.79. The highest BCUT2D eigenvalue weighted by Crippen LogP contribution is 2.00. The third kappa shape index (κ3) is 4.03. The molecule has 0 aromatic carbocycles. The van der Waals surface area contributed by atoms with Crippen molar-refractivity contribution >= 4 is 16.2 Å². The van der Waals surface area contributed by atoms with Crippen LogP contribution < -0.4 is 4.72 Å². The van der Waals surface area contributed by atoms with Gasteiger partial charge in [-0.1, -0.05) is 13.3 Å². The van der Waals surface area contributed by atoms with Crippen LogP contribution in [0.25, 0.3) is 0 Å². The summed E-state index contributed by atoms with van der Waals surface area (Å²) < 4.78 is 25.6. The largest absolute Gasteiger partial charge is 0.480 e. The molecule has 0 saturated carbocycles. The van der Waals surface area contributed by atoms with Gasteiger partial charge < -0.3 is 5.11 Å². The predicted octanol–water partition coefficient (Wildman–Crippen LogP) is -0.364. The van der Waals surface area contributed by atoms with Crippen molar-refractivity contribution in [1.82, 2.24) is 9.03 Å². The molecule has 2 N–H and O–H groups in total. The van der Waals surface area contributed by atoms with Crippen LogP contribution in [-0.2, 0) is 15.0 Å². The normalized spacial score (nSPS) is 14.3. The van der Waals surface area contributed by atoms with Gasteiger partial charge in [-0.3, -0.25) is 4.79 Å². The van der Waals surface area contributed by atoms with E-state index in [1.807, 2.05) is 0 Å². The van der Waals surface area contributed by atoms with E-state index in [1.165, 1.54) is 14.1 Å². The van der Waals surface area contributed by atoms with Crippen LogP contribution in [0.3, 0.4) is 0 Å². The van der Waals surface area contributed by atoms with Gasteiger partial charge in [0.05, 0.1) is 0 Å².